The number of hydrogen-bond donors (Lipinski definition) is 1. The number of aldehydes is 1. The van der Waals surface area contributed by atoms with Gasteiger partial charge in [0, 0.05) is 24.0 Å². The van der Waals surface area contributed by atoms with Gasteiger partial charge in [0.15, 0.2) is 0 Å². The first-order valence-electron chi connectivity index (χ1n) is 11.8. The van der Waals surface area contributed by atoms with Crippen LogP contribution in [0.3, 0.4) is 0 Å². The van der Waals surface area contributed by atoms with Crippen molar-refractivity contribution in [1.29, 1.82) is 0 Å². The molecule has 1 spiro atoms. The molecule has 1 saturated heterocycles. The van der Waals surface area contributed by atoms with Gasteiger partial charge in [-0.2, -0.15) is 0 Å². The Balaban J connectivity index is 0.000000534. The molecule has 0 amide bonds. The van der Waals surface area contributed by atoms with Crippen molar-refractivity contribution in [3.63, 3.8) is 0 Å². The van der Waals surface area contributed by atoms with Crippen molar-refractivity contribution in [3.05, 3.63) is 83.2 Å². The quantitative estimate of drug-likeness (QED) is 0.563. The molecule has 0 aromatic carbocycles. The van der Waals surface area contributed by atoms with E-state index < -0.39 is 0 Å². The van der Waals surface area contributed by atoms with Crippen molar-refractivity contribution >= 4 is 6.29 Å². The Morgan fingerprint density at radius 2 is 1.91 bits per heavy atom. The number of allylic oxidation sites excluding steroid dienone is 10. The van der Waals surface area contributed by atoms with Crippen LogP contribution >= 0.6 is 0 Å². The highest BCUT2D eigenvalue weighted by Crippen LogP contribution is 2.40. The Morgan fingerprint density at radius 3 is 2.50 bits per heavy atom. The third-order valence-corrected chi connectivity index (χ3v) is 6.15. The van der Waals surface area contributed by atoms with Gasteiger partial charge in [0.2, 0.25) is 0 Å². The Kier molecular flexibility index (Phi) is 10.6. The van der Waals surface area contributed by atoms with E-state index in [2.05, 4.69) is 62.0 Å². The largest absolute Gasteiger partial charge is 0.483 e. The fraction of sp³-hybridized carbons (Fsp3) is 0.464. The molecule has 0 atom stereocenters. The van der Waals surface area contributed by atoms with Crippen molar-refractivity contribution in [3.8, 4) is 0 Å². The van der Waals surface area contributed by atoms with Gasteiger partial charge >= 0.3 is 0 Å². The predicted molar refractivity (Wildman–Crippen MR) is 135 cm³/mol. The molecule has 1 aliphatic carbocycles. The first-order chi connectivity index (χ1) is 15.5. The number of carbonyl (C=O) groups excluding carboxylic acids is 1. The highest BCUT2D eigenvalue weighted by molar-refractivity contribution is 5.78. The van der Waals surface area contributed by atoms with E-state index in [0.717, 1.165) is 75.1 Å². The molecule has 2 heterocycles. The first kappa shape index (κ1) is 25.8. The first-order valence-corrected chi connectivity index (χ1v) is 11.8. The number of piperidine rings is 1. The summed E-state index contributed by atoms with van der Waals surface area (Å²) in [7, 11) is 2.11. The van der Waals surface area contributed by atoms with E-state index in [-0.39, 0.29) is 5.60 Å². The Bertz CT molecular complexity index is 829. The molecule has 0 aromatic heterocycles. The second-order valence-electron chi connectivity index (χ2n) is 8.45. The lowest BCUT2D eigenvalue weighted by Gasteiger charge is -2.41. The summed E-state index contributed by atoms with van der Waals surface area (Å²) in [4.78, 5) is 13.3. The molecule has 1 N–H and O–H groups in total. The molecule has 2 aliphatic heterocycles. The van der Waals surface area contributed by atoms with Crippen molar-refractivity contribution in [1.82, 2.24) is 10.2 Å². The van der Waals surface area contributed by atoms with E-state index in [1.165, 1.54) is 11.1 Å². The molecule has 4 nitrogen and oxygen atoms in total. The third kappa shape index (κ3) is 7.61. The summed E-state index contributed by atoms with van der Waals surface area (Å²) < 4.78 is 6.30. The maximum atomic E-state index is 11.0. The molecule has 3 rings (SSSR count). The van der Waals surface area contributed by atoms with Gasteiger partial charge in [0.1, 0.15) is 17.6 Å². The zero-order chi connectivity index (χ0) is 23.4. The van der Waals surface area contributed by atoms with Gasteiger partial charge in [-0.25, -0.2) is 0 Å². The van der Waals surface area contributed by atoms with Crippen LogP contribution in [-0.4, -0.2) is 50.0 Å². The van der Waals surface area contributed by atoms with Crippen LogP contribution in [0.1, 0.15) is 46.5 Å². The molecule has 4 heteroatoms. The van der Waals surface area contributed by atoms with Crippen LogP contribution in [-0.2, 0) is 9.53 Å². The van der Waals surface area contributed by atoms with Crippen LogP contribution in [0.15, 0.2) is 83.2 Å². The van der Waals surface area contributed by atoms with E-state index in [0.29, 0.717) is 0 Å². The molecular weight excluding hydrogens is 396 g/mol. The molecule has 174 valence electrons. The summed E-state index contributed by atoms with van der Waals surface area (Å²) in [6.45, 7) is 14.8. The van der Waals surface area contributed by atoms with Crippen LogP contribution in [0.5, 0.6) is 0 Å². The molecule has 0 radical (unpaired) electrons. The van der Waals surface area contributed by atoms with Gasteiger partial charge < -0.3 is 15.0 Å². The summed E-state index contributed by atoms with van der Waals surface area (Å²) in [5.74, 6) is 0.757. The van der Waals surface area contributed by atoms with Crippen LogP contribution in [0.25, 0.3) is 0 Å². The third-order valence-electron chi connectivity index (χ3n) is 6.15. The average Bonchev–Trinajstić information content (AvgIpc) is 3.04. The molecule has 3 aliphatic rings. The summed E-state index contributed by atoms with van der Waals surface area (Å²) >= 11 is 0. The highest BCUT2D eigenvalue weighted by Gasteiger charge is 2.37. The fourth-order valence-electron chi connectivity index (χ4n) is 3.89. The normalized spacial score (nSPS) is 21.5. The number of hydrogen-bond acceptors (Lipinski definition) is 4. The smallest absolute Gasteiger partial charge is 0.149 e. The van der Waals surface area contributed by atoms with Crippen molar-refractivity contribution in [2.75, 3.05) is 33.2 Å². The SMILES string of the molecule is C=C1OC2(C=C(CC3=CCC=C(C=O)C=C3)/C1=C/C=C\C)CCNCC2.CCN(C)CC. The molecule has 32 heavy (non-hydrogen) atoms. The lowest BCUT2D eigenvalue weighted by molar-refractivity contribution is -0.104. The summed E-state index contributed by atoms with van der Waals surface area (Å²) in [6, 6.07) is 0. The number of nitrogens with one attached hydrogen (secondary N) is 1. The Labute approximate surface area is 194 Å². The number of carbonyl (C=O) groups is 1. The molecule has 0 saturated carbocycles. The minimum atomic E-state index is -0.244. The van der Waals surface area contributed by atoms with Crippen LogP contribution in [0, 0.1) is 0 Å². The summed E-state index contributed by atoms with van der Waals surface area (Å²) in [5, 5.41) is 3.41. The van der Waals surface area contributed by atoms with E-state index in [1.807, 2.05) is 31.2 Å². The van der Waals surface area contributed by atoms with Gasteiger partial charge in [-0.1, -0.05) is 63.0 Å². The lowest BCUT2D eigenvalue weighted by Crippen LogP contribution is -2.44. The highest BCUT2D eigenvalue weighted by atomic mass is 16.5. The second kappa shape index (κ2) is 13.2. The Hall–Kier alpha value is -2.43. The van der Waals surface area contributed by atoms with Crippen LogP contribution in [0.4, 0.5) is 0 Å². The fourth-order valence-corrected chi connectivity index (χ4v) is 3.89. The molecule has 1 fully saturated rings. The number of rotatable bonds is 6. The maximum absolute atomic E-state index is 11.0. The lowest BCUT2D eigenvalue weighted by atomic mass is 9.83. The van der Waals surface area contributed by atoms with Crippen LogP contribution in [0.2, 0.25) is 0 Å². The summed E-state index contributed by atoms with van der Waals surface area (Å²) in [5.41, 5.74) is 4.03. The van der Waals surface area contributed by atoms with E-state index in [4.69, 9.17) is 4.74 Å². The van der Waals surface area contributed by atoms with Gasteiger partial charge in [-0.3, -0.25) is 4.79 Å². The van der Waals surface area contributed by atoms with Gasteiger partial charge in [0.25, 0.3) is 0 Å². The maximum Gasteiger partial charge on any atom is 0.149 e. The molecule has 0 bridgehead atoms. The average molecular weight is 437 g/mol. The standard InChI is InChI=1S/C23H27NO2.C5H13N/c1-3-4-8-22-18(2)26-23(11-13-24-14-12-23)16-21(22)15-19-6-5-7-20(17-25)10-9-19;1-4-6(3)5-2/h3-4,6-10,16-17,24H,2,5,11-15H2,1H3;4-5H2,1-3H3/b4-3-,22-8+;. The molecule has 0 aromatic rings. The van der Waals surface area contributed by atoms with Gasteiger partial charge in [-0.05, 0) is 70.2 Å². The predicted octanol–water partition coefficient (Wildman–Crippen LogP) is 5.44. The zero-order valence-electron chi connectivity index (χ0n) is 20.3. The number of ether oxygens (including phenoxy) is 1. The van der Waals surface area contributed by atoms with Crippen molar-refractivity contribution in [2.24, 2.45) is 0 Å². The van der Waals surface area contributed by atoms with Gasteiger partial charge in [0.05, 0.1) is 0 Å². The van der Waals surface area contributed by atoms with E-state index >= 15 is 0 Å². The zero-order valence-corrected chi connectivity index (χ0v) is 20.3. The van der Waals surface area contributed by atoms with Crippen LogP contribution < -0.4 is 5.32 Å². The topological polar surface area (TPSA) is 41.6 Å². The Morgan fingerprint density at radius 1 is 1.19 bits per heavy atom. The van der Waals surface area contributed by atoms with Gasteiger partial charge in [-0.15, -0.1) is 0 Å². The van der Waals surface area contributed by atoms with E-state index in [9.17, 15) is 4.79 Å². The minimum absolute atomic E-state index is 0.244. The van der Waals surface area contributed by atoms with Crippen molar-refractivity contribution < 1.29 is 9.53 Å². The van der Waals surface area contributed by atoms with E-state index in [1.54, 1.807) is 0 Å². The molecule has 0 unspecified atom stereocenters. The minimum Gasteiger partial charge on any atom is -0.483 e. The monoisotopic (exact) mass is 436 g/mol. The summed E-state index contributed by atoms with van der Waals surface area (Å²) in [6.07, 6.45) is 20.9. The molecular formula is C28H40N2O2. The second-order valence-corrected chi connectivity index (χ2v) is 8.45. The number of nitrogens with zero attached hydrogens (tertiary/aromatic N) is 1. The van der Waals surface area contributed by atoms with Crippen molar-refractivity contribution in [2.45, 2.75) is 52.1 Å².